The summed E-state index contributed by atoms with van der Waals surface area (Å²) in [4.78, 5) is 22.7. The van der Waals surface area contributed by atoms with Gasteiger partial charge in [0.1, 0.15) is 16.5 Å². The number of nitrogens with two attached hydrogens (primary N) is 1. The van der Waals surface area contributed by atoms with Gasteiger partial charge in [0, 0.05) is 24.4 Å². The Morgan fingerprint density at radius 3 is 2.60 bits per heavy atom. The molecule has 0 fully saturated rings. The number of anilines is 1. The van der Waals surface area contributed by atoms with Crippen LogP contribution in [0.25, 0.3) is 10.2 Å². The number of aliphatic hydroxyl groups is 1. The minimum Gasteiger partial charge on any atom is -0.481 e. The molecule has 30 heavy (non-hydrogen) atoms. The van der Waals surface area contributed by atoms with Crippen molar-refractivity contribution >= 4 is 33.3 Å². The minimum absolute atomic E-state index is 0.0503. The van der Waals surface area contributed by atoms with Crippen LogP contribution in [0.2, 0.25) is 0 Å². The number of aryl methyl sites for hydroxylation is 3. The maximum absolute atomic E-state index is 10.9. The number of carbonyl (C=O) groups is 1. The summed E-state index contributed by atoms with van der Waals surface area (Å²) in [5.41, 5.74) is 7.35. The van der Waals surface area contributed by atoms with Crippen molar-refractivity contribution in [2.75, 3.05) is 18.5 Å². The van der Waals surface area contributed by atoms with Gasteiger partial charge in [-0.15, -0.1) is 11.3 Å². The molecule has 0 unspecified atom stereocenters. The van der Waals surface area contributed by atoms with Crippen molar-refractivity contribution in [1.29, 1.82) is 0 Å². The summed E-state index contributed by atoms with van der Waals surface area (Å²) in [5.74, 6) is 0.630. The van der Waals surface area contributed by atoms with Crippen LogP contribution in [0.3, 0.4) is 0 Å². The maximum Gasteiger partial charge on any atom is 0.303 e. The number of rotatable bonds is 7. The standard InChI is InChI=1S/C20H21N3O2S.C2H7NO/c24-17(25)11-10-16-22-19(21-12-13-6-2-1-3-7-13)18-14-8-4-5-9-15(14)26-20(18)23-16;3-1-2-4/h1-3,6-7H,4-5,8-12H2,(H,24,25)(H,21,22,23);4H,1-3H2. The van der Waals surface area contributed by atoms with E-state index in [1.807, 2.05) is 18.2 Å². The lowest BCUT2D eigenvalue weighted by Crippen LogP contribution is -2.08. The third-order valence-electron chi connectivity index (χ3n) is 4.86. The first kappa shape index (κ1) is 22.1. The van der Waals surface area contributed by atoms with Gasteiger partial charge < -0.3 is 21.3 Å². The molecule has 1 aliphatic carbocycles. The van der Waals surface area contributed by atoms with Gasteiger partial charge in [0.2, 0.25) is 0 Å². The third kappa shape index (κ3) is 5.75. The Balaban J connectivity index is 0.000000589. The molecule has 2 heterocycles. The minimum atomic E-state index is -0.821. The van der Waals surface area contributed by atoms with Crippen LogP contribution < -0.4 is 11.1 Å². The second-order valence-corrected chi connectivity index (χ2v) is 8.21. The zero-order valence-corrected chi connectivity index (χ0v) is 17.7. The van der Waals surface area contributed by atoms with Gasteiger partial charge in [-0.1, -0.05) is 30.3 Å². The van der Waals surface area contributed by atoms with E-state index < -0.39 is 5.97 Å². The quantitative estimate of drug-likeness (QED) is 0.456. The highest BCUT2D eigenvalue weighted by molar-refractivity contribution is 7.19. The Labute approximate surface area is 180 Å². The van der Waals surface area contributed by atoms with Crippen LogP contribution in [0.1, 0.15) is 41.1 Å². The molecule has 1 aliphatic rings. The average molecular weight is 429 g/mol. The van der Waals surface area contributed by atoms with E-state index in [2.05, 4.69) is 27.4 Å². The summed E-state index contributed by atoms with van der Waals surface area (Å²) in [6.45, 7) is 1.16. The van der Waals surface area contributed by atoms with Crippen molar-refractivity contribution in [3.05, 3.63) is 52.2 Å². The molecule has 0 amide bonds. The van der Waals surface area contributed by atoms with E-state index in [-0.39, 0.29) is 13.0 Å². The van der Waals surface area contributed by atoms with Crippen molar-refractivity contribution in [1.82, 2.24) is 9.97 Å². The zero-order valence-electron chi connectivity index (χ0n) is 16.9. The topological polar surface area (TPSA) is 121 Å². The molecule has 7 nitrogen and oxygen atoms in total. The molecular weight excluding hydrogens is 400 g/mol. The molecule has 4 rings (SSSR count). The van der Waals surface area contributed by atoms with Crippen molar-refractivity contribution in [2.24, 2.45) is 5.73 Å². The fourth-order valence-corrected chi connectivity index (χ4v) is 4.72. The van der Waals surface area contributed by atoms with E-state index in [0.29, 0.717) is 25.3 Å². The number of aliphatic hydroxyl groups excluding tert-OH is 1. The molecule has 2 aromatic heterocycles. The van der Waals surface area contributed by atoms with Crippen LogP contribution >= 0.6 is 11.3 Å². The van der Waals surface area contributed by atoms with Gasteiger partial charge in [0.15, 0.2) is 0 Å². The Morgan fingerprint density at radius 1 is 1.17 bits per heavy atom. The summed E-state index contributed by atoms with van der Waals surface area (Å²) in [7, 11) is 0. The van der Waals surface area contributed by atoms with Crippen molar-refractivity contribution < 1.29 is 15.0 Å². The second-order valence-electron chi connectivity index (χ2n) is 7.12. The highest BCUT2D eigenvalue weighted by atomic mass is 32.1. The lowest BCUT2D eigenvalue weighted by molar-refractivity contribution is -0.137. The Morgan fingerprint density at radius 2 is 1.90 bits per heavy atom. The molecule has 3 aromatic rings. The largest absolute Gasteiger partial charge is 0.481 e. The number of aromatic nitrogens is 2. The molecular formula is C22H28N4O3S. The van der Waals surface area contributed by atoms with Gasteiger partial charge in [0.05, 0.1) is 18.4 Å². The van der Waals surface area contributed by atoms with E-state index in [9.17, 15) is 4.79 Å². The van der Waals surface area contributed by atoms with Crippen molar-refractivity contribution in [2.45, 2.75) is 45.1 Å². The number of aliphatic carboxylic acids is 1. The van der Waals surface area contributed by atoms with E-state index in [0.717, 1.165) is 28.9 Å². The first-order chi connectivity index (χ1) is 14.6. The Hall–Kier alpha value is -2.55. The number of hydrogen-bond donors (Lipinski definition) is 4. The molecule has 1 aromatic carbocycles. The molecule has 0 spiro atoms. The number of nitrogens with zero attached hydrogens (tertiary/aromatic N) is 2. The van der Waals surface area contributed by atoms with Crippen LogP contribution in [0.5, 0.6) is 0 Å². The van der Waals surface area contributed by atoms with Crippen molar-refractivity contribution in [3.8, 4) is 0 Å². The fourth-order valence-electron chi connectivity index (χ4n) is 3.44. The number of nitrogens with one attached hydrogen (secondary N) is 1. The first-order valence-corrected chi connectivity index (χ1v) is 11.1. The first-order valence-electron chi connectivity index (χ1n) is 10.2. The molecule has 5 N–H and O–H groups in total. The number of carboxylic acid groups (broad SMARTS) is 1. The molecule has 0 bridgehead atoms. The second kappa shape index (κ2) is 11.0. The molecule has 8 heteroatoms. The van der Waals surface area contributed by atoms with Crippen LogP contribution in [0.4, 0.5) is 5.82 Å². The molecule has 0 saturated carbocycles. The average Bonchev–Trinajstić information content (AvgIpc) is 3.15. The number of hydrogen-bond acceptors (Lipinski definition) is 7. The predicted octanol–water partition coefficient (Wildman–Crippen LogP) is 3.14. The van der Waals surface area contributed by atoms with Gasteiger partial charge in [-0.3, -0.25) is 4.79 Å². The van der Waals surface area contributed by atoms with Gasteiger partial charge >= 0.3 is 5.97 Å². The molecule has 160 valence electrons. The maximum atomic E-state index is 10.9. The van der Waals surface area contributed by atoms with Crippen molar-refractivity contribution in [3.63, 3.8) is 0 Å². The van der Waals surface area contributed by atoms with Gasteiger partial charge in [-0.05, 0) is 36.8 Å². The Bertz CT molecular complexity index is 973. The van der Waals surface area contributed by atoms with Crippen LogP contribution in [-0.4, -0.2) is 39.3 Å². The van der Waals surface area contributed by atoms with E-state index in [1.165, 1.54) is 28.8 Å². The smallest absolute Gasteiger partial charge is 0.303 e. The highest BCUT2D eigenvalue weighted by Gasteiger charge is 2.21. The monoisotopic (exact) mass is 428 g/mol. The number of thiophene rings is 1. The molecule has 0 aliphatic heterocycles. The summed E-state index contributed by atoms with van der Waals surface area (Å²) >= 11 is 1.75. The SMILES string of the molecule is NCCO.O=C(O)CCc1nc(NCc2ccccc2)c2c3c(sc2n1)CCCC3. The number of fused-ring (bicyclic) bond motifs is 3. The van der Waals surface area contributed by atoms with Crippen LogP contribution in [-0.2, 0) is 30.6 Å². The normalized spacial score (nSPS) is 12.7. The number of carboxylic acids is 1. The predicted molar refractivity (Wildman–Crippen MR) is 120 cm³/mol. The van der Waals surface area contributed by atoms with E-state index in [1.54, 1.807) is 11.3 Å². The molecule has 0 saturated heterocycles. The van der Waals surface area contributed by atoms with Crippen LogP contribution in [0, 0.1) is 0 Å². The third-order valence-corrected chi connectivity index (χ3v) is 6.04. The molecule has 0 radical (unpaired) electrons. The lowest BCUT2D eigenvalue weighted by Gasteiger charge is -2.13. The Kier molecular flexibility index (Phi) is 8.12. The van der Waals surface area contributed by atoms with Gasteiger partial charge in [-0.2, -0.15) is 0 Å². The zero-order chi connectivity index (χ0) is 21.3. The summed E-state index contributed by atoms with van der Waals surface area (Å²) < 4.78 is 0. The molecule has 0 atom stereocenters. The number of benzene rings is 1. The van der Waals surface area contributed by atoms with Crippen LogP contribution in [0.15, 0.2) is 30.3 Å². The van der Waals surface area contributed by atoms with E-state index >= 15 is 0 Å². The summed E-state index contributed by atoms with van der Waals surface area (Å²) in [6.07, 6.45) is 5.03. The fraction of sp³-hybridized carbons (Fsp3) is 0.409. The van der Waals surface area contributed by atoms with Gasteiger partial charge in [0.25, 0.3) is 0 Å². The summed E-state index contributed by atoms with van der Waals surface area (Å²) in [6, 6.07) is 10.2. The lowest BCUT2D eigenvalue weighted by atomic mass is 9.97. The summed E-state index contributed by atoms with van der Waals surface area (Å²) in [5, 5.41) is 21.3. The van der Waals surface area contributed by atoms with Gasteiger partial charge in [-0.25, -0.2) is 9.97 Å². The van der Waals surface area contributed by atoms with E-state index in [4.69, 9.17) is 15.9 Å². The highest BCUT2D eigenvalue weighted by Crippen LogP contribution is 2.38.